The van der Waals surface area contributed by atoms with Crippen molar-refractivity contribution in [2.75, 3.05) is 18.0 Å². The number of carbonyl (C=O) groups excluding carboxylic acids is 2. The van der Waals surface area contributed by atoms with Crippen LogP contribution in [0.5, 0.6) is 5.75 Å². The van der Waals surface area contributed by atoms with Gasteiger partial charge in [-0.05, 0) is 38.8 Å². The minimum Gasteiger partial charge on any atom is -0.426 e. The van der Waals surface area contributed by atoms with Crippen molar-refractivity contribution in [3.8, 4) is 5.75 Å². The van der Waals surface area contributed by atoms with Gasteiger partial charge in [-0.2, -0.15) is 0 Å². The molecule has 1 aliphatic rings. The van der Waals surface area contributed by atoms with Crippen LogP contribution in [0.3, 0.4) is 0 Å². The fourth-order valence-corrected chi connectivity index (χ4v) is 2.38. The largest absolute Gasteiger partial charge is 0.426 e. The lowest BCUT2D eigenvalue weighted by Gasteiger charge is -2.25. The molecule has 1 aromatic carbocycles. The monoisotopic (exact) mass is 261 g/mol. The fourth-order valence-electron chi connectivity index (χ4n) is 2.38. The zero-order chi connectivity index (χ0) is 14.0. The van der Waals surface area contributed by atoms with Gasteiger partial charge in [-0.15, -0.1) is 0 Å². The maximum absolute atomic E-state index is 11.8. The van der Waals surface area contributed by atoms with Crippen LogP contribution in [0.4, 0.5) is 5.69 Å². The Kier molecular flexibility index (Phi) is 3.88. The Morgan fingerprint density at radius 2 is 2.05 bits per heavy atom. The number of nitrogens with zero attached hydrogens (tertiary/aromatic N) is 1. The van der Waals surface area contributed by atoms with Gasteiger partial charge in [0.2, 0.25) is 0 Å². The van der Waals surface area contributed by atoms with E-state index in [1.807, 2.05) is 18.2 Å². The van der Waals surface area contributed by atoms with Crippen molar-refractivity contribution >= 4 is 17.4 Å². The highest BCUT2D eigenvalue weighted by Gasteiger charge is 2.32. The number of hydrogen-bond donors (Lipinski definition) is 0. The highest BCUT2D eigenvalue weighted by atomic mass is 16.5. The topological polar surface area (TPSA) is 46.6 Å². The van der Waals surface area contributed by atoms with E-state index < -0.39 is 11.9 Å². The van der Waals surface area contributed by atoms with Crippen molar-refractivity contribution in [3.63, 3.8) is 0 Å². The number of hydrogen-bond acceptors (Lipinski definition) is 4. The number of benzene rings is 1. The van der Waals surface area contributed by atoms with Gasteiger partial charge in [0, 0.05) is 24.8 Å². The summed E-state index contributed by atoms with van der Waals surface area (Å²) in [5, 5.41) is 0. The summed E-state index contributed by atoms with van der Waals surface area (Å²) in [5.41, 5.74) is 1.97. The predicted molar refractivity (Wildman–Crippen MR) is 73.5 cm³/mol. The van der Waals surface area contributed by atoms with Gasteiger partial charge in [0.25, 0.3) is 0 Å². The Labute approximate surface area is 113 Å². The summed E-state index contributed by atoms with van der Waals surface area (Å²) >= 11 is 0. The highest BCUT2D eigenvalue weighted by Crippen LogP contribution is 2.32. The average Bonchev–Trinajstić information content (AvgIpc) is 2.38. The summed E-state index contributed by atoms with van der Waals surface area (Å²) in [4.78, 5) is 25.3. The number of esters is 1. The number of ketones is 1. The number of anilines is 1. The van der Waals surface area contributed by atoms with E-state index in [1.54, 1.807) is 0 Å². The number of carbonyl (C=O) groups is 2. The van der Waals surface area contributed by atoms with Crippen LogP contribution < -0.4 is 9.64 Å². The normalized spacial score (nSPS) is 17.6. The molecule has 1 atom stereocenters. The van der Waals surface area contributed by atoms with Crippen molar-refractivity contribution in [2.24, 2.45) is 5.92 Å². The molecule has 2 rings (SSSR count). The Morgan fingerprint density at radius 1 is 1.37 bits per heavy atom. The molecule has 0 saturated heterocycles. The zero-order valence-electron chi connectivity index (χ0n) is 11.6. The van der Waals surface area contributed by atoms with E-state index in [-0.39, 0.29) is 5.78 Å². The third-order valence-electron chi connectivity index (χ3n) is 3.59. The third-order valence-corrected chi connectivity index (χ3v) is 3.59. The van der Waals surface area contributed by atoms with E-state index in [9.17, 15) is 9.59 Å². The highest BCUT2D eigenvalue weighted by molar-refractivity contribution is 5.99. The predicted octanol–water partition coefficient (Wildman–Crippen LogP) is 2.20. The summed E-state index contributed by atoms with van der Waals surface area (Å²) < 4.78 is 5.30. The van der Waals surface area contributed by atoms with Crippen LogP contribution in [0.15, 0.2) is 18.2 Å². The van der Waals surface area contributed by atoms with Crippen LogP contribution in [-0.2, 0) is 16.0 Å². The maximum Gasteiger partial charge on any atom is 0.322 e. The molecule has 0 amide bonds. The number of fused-ring (bicyclic) bond motifs is 1. The molecular weight excluding hydrogens is 242 g/mol. The molecule has 4 nitrogen and oxygen atoms in total. The van der Waals surface area contributed by atoms with Crippen LogP contribution >= 0.6 is 0 Å². The van der Waals surface area contributed by atoms with Crippen LogP contribution in [0, 0.1) is 5.92 Å². The molecule has 0 bridgehead atoms. The van der Waals surface area contributed by atoms with Crippen LogP contribution in [0.1, 0.15) is 26.3 Å². The molecular formula is C15H19NO3. The molecule has 1 unspecified atom stereocenters. The molecule has 0 radical (unpaired) electrons. The molecule has 0 saturated carbocycles. The van der Waals surface area contributed by atoms with Crippen molar-refractivity contribution in [1.29, 1.82) is 0 Å². The zero-order valence-corrected chi connectivity index (χ0v) is 11.6. The SMILES string of the molecule is CCN(CC)c1ccc2c(c1)OC(=O)C(C(C)=O)C2. The Balaban J connectivity index is 2.31. The van der Waals surface area contributed by atoms with Crippen LogP contribution in [0.2, 0.25) is 0 Å². The van der Waals surface area contributed by atoms with E-state index in [4.69, 9.17) is 4.74 Å². The molecule has 0 spiro atoms. The summed E-state index contributed by atoms with van der Waals surface area (Å²) in [6.45, 7) is 7.40. The molecule has 0 aromatic heterocycles. The lowest BCUT2D eigenvalue weighted by atomic mass is 9.93. The summed E-state index contributed by atoms with van der Waals surface area (Å²) in [7, 11) is 0. The number of ether oxygens (including phenoxy) is 1. The molecule has 0 aliphatic carbocycles. The standard InChI is InChI=1S/C15H19NO3/c1-4-16(5-2)12-7-6-11-8-13(10(3)17)15(18)19-14(11)9-12/h6-7,9,13H,4-5,8H2,1-3H3. The Morgan fingerprint density at radius 3 is 2.63 bits per heavy atom. The van der Waals surface area contributed by atoms with Crippen LogP contribution in [-0.4, -0.2) is 24.8 Å². The van der Waals surface area contributed by atoms with Gasteiger partial charge in [0.05, 0.1) is 0 Å². The molecule has 4 heteroatoms. The maximum atomic E-state index is 11.8. The fraction of sp³-hybridized carbons (Fsp3) is 0.467. The van der Waals surface area contributed by atoms with Gasteiger partial charge >= 0.3 is 5.97 Å². The van der Waals surface area contributed by atoms with Gasteiger partial charge in [0.1, 0.15) is 17.5 Å². The van der Waals surface area contributed by atoms with Crippen molar-refractivity contribution < 1.29 is 14.3 Å². The van der Waals surface area contributed by atoms with Crippen LogP contribution in [0.25, 0.3) is 0 Å². The van der Waals surface area contributed by atoms with E-state index in [1.165, 1.54) is 6.92 Å². The molecule has 19 heavy (non-hydrogen) atoms. The van der Waals surface area contributed by atoms with Crippen molar-refractivity contribution in [3.05, 3.63) is 23.8 Å². The van der Waals surface area contributed by atoms with Crippen molar-refractivity contribution in [1.82, 2.24) is 0 Å². The first-order chi connectivity index (χ1) is 9.06. The first kappa shape index (κ1) is 13.6. The smallest absolute Gasteiger partial charge is 0.322 e. The van der Waals surface area contributed by atoms with E-state index in [2.05, 4.69) is 18.7 Å². The van der Waals surface area contributed by atoms with E-state index in [0.29, 0.717) is 12.2 Å². The first-order valence-electron chi connectivity index (χ1n) is 6.66. The summed E-state index contributed by atoms with van der Waals surface area (Å²) in [6.07, 6.45) is 0.446. The van der Waals surface area contributed by atoms with Gasteiger partial charge in [-0.1, -0.05) is 6.07 Å². The summed E-state index contributed by atoms with van der Waals surface area (Å²) in [5.74, 6) is -0.626. The minimum atomic E-state index is -0.646. The van der Waals surface area contributed by atoms with Crippen molar-refractivity contribution in [2.45, 2.75) is 27.2 Å². The molecule has 0 N–H and O–H groups in total. The quantitative estimate of drug-likeness (QED) is 0.473. The number of Topliss-reactive ketones (excluding diaryl/α,β-unsaturated/α-hetero) is 1. The molecule has 1 heterocycles. The molecule has 102 valence electrons. The average molecular weight is 261 g/mol. The lowest BCUT2D eigenvalue weighted by Crippen LogP contribution is -2.32. The number of rotatable bonds is 4. The second-order valence-electron chi connectivity index (χ2n) is 4.75. The van der Waals surface area contributed by atoms with Gasteiger partial charge in [-0.25, -0.2) is 0 Å². The lowest BCUT2D eigenvalue weighted by molar-refractivity contribution is -0.144. The Bertz CT molecular complexity index is 506. The minimum absolute atomic E-state index is 0.136. The summed E-state index contributed by atoms with van der Waals surface area (Å²) in [6, 6.07) is 5.85. The molecule has 1 aromatic rings. The van der Waals surface area contributed by atoms with E-state index >= 15 is 0 Å². The third kappa shape index (κ3) is 2.62. The Hall–Kier alpha value is -1.84. The second kappa shape index (κ2) is 5.43. The van der Waals surface area contributed by atoms with E-state index in [0.717, 1.165) is 24.3 Å². The molecule has 0 fully saturated rings. The van der Waals surface area contributed by atoms with Gasteiger partial charge in [0.15, 0.2) is 0 Å². The first-order valence-corrected chi connectivity index (χ1v) is 6.66. The van der Waals surface area contributed by atoms with Gasteiger partial charge in [-0.3, -0.25) is 9.59 Å². The second-order valence-corrected chi connectivity index (χ2v) is 4.75. The molecule has 1 aliphatic heterocycles. The van der Waals surface area contributed by atoms with Gasteiger partial charge < -0.3 is 9.64 Å².